The Bertz CT molecular complexity index is 2040. The number of hydrogen-bond donors (Lipinski definition) is 2. The minimum atomic E-state index is -2.83. The predicted molar refractivity (Wildman–Crippen MR) is 194 cm³/mol. The molecule has 2 saturated heterocycles. The topological polar surface area (TPSA) is 126 Å². The van der Waals surface area contributed by atoms with Crippen molar-refractivity contribution in [3.8, 4) is 0 Å². The molecule has 2 aromatic carbocycles. The van der Waals surface area contributed by atoms with Crippen molar-refractivity contribution in [3.63, 3.8) is 0 Å². The predicted octanol–water partition coefficient (Wildman–Crippen LogP) is 5.69. The van der Waals surface area contributed by atoms with E-state index >= 15 is 0 Å². The van der Waals surface area contributed by atoms with Gasteiger partial charge in [0.05, 0.1) is 28.5 Å². The number of hydrogen-bond acceptors (Lipinski definition) is 7. The lowest BCUT2D eigenvalue weighted by molar-refractivity contribution is -0.135. The fourth-order valence-corrected chi connectivity index (χ4v) is 8.46. The molecule has 0 bridgehead atoms. The third kappa shape index (κ3) is 7.10. The molecule has 12 nitrogen and oxygen atoms in total. The van der Waals surface area contributed by atoms with Gasteiger partial charge in [0.1, 0.15) is 6.04 Å². The lowest BCUT2D eigenvalue weighted by Gasteiger charge is -2.40. The number of fused-ring (bicyclic) bond motifs is 1. The van der Waals surface area contributed by atoms with Crippen LogP contribution in [0.2, 0.25) is 5.02 Å². The van der Waals surface area contributed by atoms with E-state index in [9.17, 15) is 28.0 Å². The number of carbonyl (C=O) groups excluding carboxylic acids is 3. The Balaban J connectivity index is 0.943. The summed E-state index contributed by atoms with van der Waals surface area (Å²) in [6.45, 7) is 2.58. The summed E-state index contributed by atoms with van der Waals surface area (Å²) >= 11 is 6.00. The van der Waals surface area contributed by atoms with Gasteiger partial charge in [-0.05, 0) is 88.2 Å². The number of carbonyl (C=O) groups is 3. The van der Waals surface area contributed by atoms with Crippen molar-refractivity contribution in [1.82, 2.24) is 29.1 Å². The van der Waals surface area contributed by atoms with Crippen LogP contribution in [-0.4, -0.2) is 74.3 Å². The summed E-state index contributed by atoms with van der Waals surface area (Å²) in [5, 5.41) is 9.56. The van der Waals surface area contributed by atoms with E-state index in [1.807, 2.05) is 18.2 Å². The molecule has 4 heterocycles. The van der Waals surface area contributed by atoms with Crippen molar-refractivity contribution in [1.29, 1.82) is 0 Å². The van der Waals surface area contributed by atoms with Gasteiger partial charge in [-0.3, -0.25) is 33.5 Å². The highest BCUT2D eigenvalue weighted by Gasteiger charge is 2.33. The number of imide groups is 1. The molecule has 1 atom stereocenters. The molecule has 276 valence electrons. The zero-order chi connectivity index (χ0) is 36.7. The molecule has 1 aliphatic carbocycles. The summed E-state index contributed by atoms with van der Waals surface area (Å²) in [6.07, 6.45) is 4.61. The number of halogens is 3. The molecule has 3 fully saturated rings. The van der Waals surface area contributed by atoms with E-state index in [1.165, 1.54) is 16.8 Å². The molecule has 1 saturated carbocycles. The highest BCUT2D eigenvalue weighted by atomic mass is 35.5. The van der Waals surface area contributed by atoms with Crippen LogP contribution in [0.25, 0.3) is 11.0 Å². The van der Waals surface area contributed by atoms with Crippen molar-refractivity contribution in [2.24, 2.45) is 13.0 Å². The molecule has 3 amide bonds. The average molecular weight is 737 g/mol. The Kier molecular flexibility index (Phi) is 10.2. The molecule has 2 N–H and O–H groups in total. The van der Waals surface area contributed by atoms with Crippen LogP contribution in [0, 0.1) is 5.92 Å². The monoisotopic (exact) mass is 736 g/mol. The average Bonchev–Trinajstić information content (AvgIpc) is 3.67. The summed E-state index contributed by atoms with van der Waals surface area (Å²) < 4.78 is 32.6. The molecule has 2 aliphatic heterocycles. The number of aryl methyl sites for hydroxylation is 1. The Hall–Kier alpha value is -4.56. The van der Waals surface area contributed by atoms with E-state index in [1.54, 1.807) is 34.5 Å². The fraction of sp³-hybridized carbons (Fsp3) is 0.486. The molecule has 2 aromatic heterocycles. The van der Waals surface area contributed by atoms with Gasteiger partial charge in [0, 0.05) is 55.9 Å². The summed E-state index contributed by atoms with van der Waals surface area (Å²) in [6, 6.07) is 11.8. The molecular weight excluding hydrogens is 694 g/mol. The van der Waals surface area contributed by atoms with E-state index in [0.717, 1.165) is 69.4 Å². The Morgan fingerprint density at radius 3 is 2.46 bits per heavy atom. The van der Waals surface area contributed by atoms with Crippen LogP contribution in [0.3, 0.4) is 0 Å². The zero-order valence-corrected chi connectivity index (χ0v) is 30.0. The molecule has 0 radical (unpaired) electrons. The molecule has 7 rings (SSSR count). The molecule has 15 heteroatoms. The van der Waals surface area contributed by atoms with Gasteiger partial charge in [0.2, 0.25) is 11.8 Å². The van der Waals surface area contributed by atoms with Gasteiger partial charge in [0.25, 0.3) is 12.3 Å². The SMILES string of the molecule is CN(C[C@H]1CC[C@H](n2cc(NC(=O)c3cccc(Cl)c3)c(C(F)F)n2)CC1)C1CCN(c2cccc3c2n(C)c(=O)n3C2CCC(=O)NC2=O)CC1. The zero-order valence-electron chi connectivity index (χ0n) is 29.2. The number of nitrogens with zero attached hydrogens (tertiary/aromatic N) is 6. The van der Waals surface area contributed by atoms with Crippen LogP contribution in [0.4, 0.5) is 20.2 Å². The lowest BCUT2D eigenvalue weighted by atomic mass is 9.85. The van der Waals surface area contributed by atoms with Gasteiger partial charge < -0.3 is 15.1 Å². The van der Waals surface area contributed by atoms with E-state index < -0.39 is 30.0 Å². The van der Waals surface area contributed by atoms with E-state index in [0.29, 0.717) is 28.9 Å². The number of amides is 3. The number of rotatable bonds is 9. The van der Waals surface area contributed by atoms with E-state index in [2.05, 4.69) is 32.6 Å². The lowest BCUT2D eigenvalue weighted by Crippen LogP contribution is -2.45. The highest BCUT2D eigenvalue weighted by Crippen LogP contribution is 2.36. The second-order valence-electron chi connectivity index (χ2n) is 14.3. The number of benzene rings is 2. The number of para-hydroxylation sites is 1. The van der Waals surface area contributed by atoms with Crippen molar-refractivity contribution in [3.05, 3.63) is 75.4 Å². The van der Waals surface area contributed by atoms with E-state index in [4.69, 9.17) is 11.6 Å². The summed E-state index contributed by atoms with van der Waals surface area (Å²) in [4.78, 5) is 55.3. The van der Waals surface area contributed by atoms with Crippen molar-refractivity contribution in [2.45, 2.75) is 75.9 Å². The van der Waals surface area contributed by atoms with Crippen molar-refractivity contribution >= 4 is 51.7 Å². The molecule has 3 aliphatic rings. The highest BCUT2D eigenvalue weighted by molar-refractivity contribution is 6.31. The number of nitrogens with one attached hydrogen (secondary N) is 2. The standard InChI is InChI=1S/C37H43ClF2N8O4/c1-44(20-22-9-11-26(12-10-22)47-21-27(32(43-47)34(39)40)41-35(50)23-5-3-6-24(38)19-23)25-15-17-46(18-16-25)28-7-4-8-29-33(28)45(2)37(52)48(29)30-13-14-31(49)42-36(30)51/h3-8,19,21-22,25-26,30,34H,9-18,20H2,1-2H3,(H,41,50)(H,42,49,51)/t22-,26-,30?. The third-order valence-electron chi connectivity index (χ3n) is 11.1. The second-order valence-corrected chi connectivity index (χ2v) is 14.8. The molecule has 4 aromatic rings. The number of aromatic nitrogens is 4. The number of alkyl halides is 2. The molecule has 52 heavy (non-hydrogen) atoms. The normalized spacial score (nSPS) is 21.7. The smallest absolute Gasteiger partial charge is 0.329 e. The Labute approximate surface area is 304 Å². The van der Waals surface area contributed by atoms with Crippen molar-refractivity contribution in [2.75, 3.05) is 36.9 Å². The minimum absolute atomic E-state index is 0.0125. The summed E-state index contributed by atoms with van der Waals surface area (Å²) in [7, 11) is 3.91. The van der Waals surface area contributed by atoms with Gasteiger partial charge in [0.15, 0.2) is 5.69 Å². The van der Waals surface area contributed by atoms with Crippen LogP contribution in [-0.2, 0) is 16.6 Å². The molecule has 0 spiro atoms. The van der Waals surface area contributed by atoms with Crippen LogP contribution >= 0.6 is 11.6 Å². The fourth-order valence-electron chi connectivity index (χ4n) is 8.27. The minimum Gasteiger partial charge on any atom is -0.370 e. The number of piperidine rings is 2. The maximum Gasteiger partial charge on any atom is 0.329 e. The summed E-state index contributed by atoms with van der Waals surface area (Å²) in [5.41, 5.74) is 2.02. The first-order chi connectivity index (χ1) is 25.0. The first kappa shape index (κ1) is 35.8. The van der Waals surface area contributed by atoms with Gasteiger partial charge >= 0.3 is 5.69 Å². The van der Waals surface area contributed by atoms with Crippen LogP contribution in [0.1, 0.15) is 85.9 Å². The first-order valence-electron chi connectivity index (χ1n) is 17.9. The maximum atomic E-state index is 13.9. The van der Waals surface area contributed by atoms with Crippen LogP contribution in [0.5, 0.6) is 0 Å². The Morgan fingerprint density at radius 2 is 1.77 bits per heavy atom. The van der Waals surface area contributed by atoms with Crippen LogP contribution < -0.4 is 21.2 Å². The molecular formula is C37H43ClF2N8O4. The number of imidazole rings is 1. The maximum absolute atomic E-state index is 13.9. The van der Waals surface area contributed by atoms with Gasteiger partial charge in [-0.25, -0.2) is 13.6 Å². The summed E-state index contributed by atoms with van der Waals surface area (Å²) in [5.74, 6) is -0.806. The van der Waals surface area contributed by atoms with Gasteiger partial charge in [-0.15, -0.1) is 0 Å². The Morgan fingerprint density at radius 1 is 1.04 bits per heavy atom. The van der Waals surface area contributed by atoms with Crippen LogP contribution in [0.15, 0.2) is 53.5 Å². The third-order valence-corrected chi connectivity index (χ3v) is 11.3. The first-order valence-corrected chi connectivity index (χ1v) is 18.3. The quantitative estimate of drug-likeness (QED) is 0.212. The second kappa shape index (κ2) is 14.8. The number of anilines is 2. The van der Waals surface area contributed by atoms with E-state index in [-0.39, 0.29) is 35.3 Å². The van der Waals surface area contributed by atoms with Gasteiger partial charge in [-0.1, -0.05) is 23.7 Å². The van der Waals surface area contributed by atoms with Crippen molar-refractivity contribution < 1.29 is 23.2 Å². The largest absolute Gasteiger partial charge is 0.370 e. The molecule has 1 unspecified atom stereocenters. The van der Waals surface area contributed by atoms with Gasteiger partial charge in [-0.2, -0.15) is 5.10 Å².